The lowest BCUT2D eigenvalue weighted by molar-refractivity contribution is -0.111. The molecule has 2 N–H and O–H groups in total. The minimum absolute atomic E-state index is 0.147. The van der Waals surface area contributed by atoms with Crippen LogP contribution in [0.25, 0.3) is 10.9 Å². The summed E-state index contributed by atoms with van der Waals surface area (Å²) in [6, 6.07) is 13.1. The molecule has 1 fully saturated rings. The smallest absolute Gasteiger partial charge is 0.248 e. The summed E-state index contributed by atoms with van der Waals surface area (Å²) in [5, 5.41) is 16.8. The minimum Gasteiger partial charge on any atom is -0.486 e. The molecule has 0 unspecified atom stereocenters. The molecule has 0 radical (unpaired) electrons. The van der Waals surface area contributed by atoms with Crippen LogP contribution in [0.15, 0.2) is 54.7 Å². The van der Waals surface area contributed by atoms with Crippen molar-refractivity contribution in [3.05, 3.63) is 65.9 Å². The van der Waals surface area contributed by atoms with Crippen molar-refractivity contribution in [1.82, 2.24) is 9.88 Å². The lowest BCUT2D eigenvalue weighted by atomic mass is 10.1. The van der Waals surface area contributed by atoms with E-state index in [-0.39, 0.29) is 12.0 Å². The number of methoxy groups -OCH3 is 2. The molecule has 0 bridgehead atoms. The molecule has 3 aromatic rings. The topological polar surface area (TPSA) is 118 Å². The van der Waals surface area contributed by atoms with Gasteiger partial charge in [0.1, 0.15) is 17.9 Å². The standard InChI is InChI=1S/C32H35N5O5/c1-4-23-7-5-8-25(17-23)35-32-24(20-33)21-34-28-19-30(42-26-10-14-41-22-26)29(18-27(28)32)36-31(38)9-6-11-37(12-15-39-2)13-16-40-3/h1,5-9,17-19,21,26H,10-16,22H2,2-3H3,(H,34,35)(H,36,38)/t26-/m0/s1. The second-order valence-electron chi connectivity index (χ2n) is 9.66. The Balaban J connectivity index is 1.64. The number of benzene rings is 2. The molecule has 1 aliphatic rings. The Hall–Kier alpha value is -4.45. The van der Waals surface area contributed by atoms with Crippen molar-refractivity contribution < 1.29 is 23.7 Å². The summed E-state index contributed by atoms with van der Waals surface area (Å²) in [6.45, 7) is 4.21. The van der Waals surface area contributed by atoms with Crippen molar-refractivity contribution in [2.45, 2.75) is 12.5 Å². The van der Waals surface area contributed by atoms with Crippen LogP contribution < -0.4 is 15.4 Å². The van der Waals surface area contributed by atoms with Gasteiger partial charge in [0.15, 0.2) is 0 Å². The Morgan fingerprint density at radius 1 is 1.24 bits per heavy atom. The van der Waals surface area contributed by atoms with Crippen LogP contribution in [0, 0.1) is 23.7 Å². The van der Waals surface area contributed by atoms with Crippen LogP contribution in [0.4, 0.5) is 17.1 Å². The first kappa shape index (κ1) is 30.5. The number of aromatic nitrogens is 1. The lowest BCUT2D eigenvalue weighted by Crippen LogP contribution is -2.31. The molecule has 2 aromatic carbocycles. The van der Waals surface area contributed by atoms with E-state index in [2.05, 4.69) is 32.5 Å². The first-order valence-electron chi connectivity index (χ1n) is 13.7. The summed E-state index contributed by atoms with van der Waals surface area (Å²) in [7, 11) is 3.31. The van der Waals surface area contributed by atoms with Crippen molar-refractivity contribution in [2.24, 2.45) is 0 Å². The van der Waals surface area contributed by atoms with Gasteiger partial charge >= 0.3 is 0 Å². The summed E-state index contributed by atoms with van der Waals surface area (Å²) in [6.07, 6.45) is 11.0. The Morgan fingerprint density at radius 3 is 2.74 bits per heavy atom. The van der Waals surface area contributed by atoms with Crippen LogP contribution >= 0.6 is 0 Å². The number of nitrogens with zero attached hydrogens (tertiary/aromatic N) is 3. The number of pyridine rings is 1. The molecule has 0 spiro atoms. The Morgan fingerprint density at radius 2 is 2.05 bits per heavy atom. The molecule has 0 aliphatic carbocycles. The van der Waals surface area contributed by atoms with Gasteiger partial charge in [-0.25, -0.2) is 0 Å². The zero-order chi connectivity index (χ0) is 29.7. The van der Waals surface area contributed by atoms with E-state index in [0.717, 1.165) is 12.1 Å². The van der Waals surface area contributed by atoms with E-state index in [9.17, 15) is 10.1 Å². The third-order valence-corrected chi connectivity index (χ3v) is 6.68. The number of terminal acetylenes is 1. The highest BCUT2D eigenvalue weighted by Crippen LogP contribution is 2.37. The lowest BCUT2D eigenvalue weighted by Gasteiger charge is -2.20. The number of nitrogens with one attached hydrogen (secondary N) is 2. The number of amides is 1. The largest absolute Gasteiger partial charge is 0.486 e. The predicted molar refractivity (Wildman–Crippen MR) is 162 cm³/mol. The monoisotopic (exact) mass is 569 g/mol. The number of hydrogen-bond donors (Lipinski definition) is 2. The third-order valence-electron chi connectivity index (χ3n) is 6.68. The van der Waals surface area contributed by atoms with Gasteiger partial charge in [0.05, 0.1) is 48.9 Å². The molecule has 1 amide bonds. The van der Waals surface area contributed by atoms with Gasteiger partial charge in [-0.2, -0.15) is 5.26 Å². The van der Waals surface area contributed by atoms with Crippen molar-refractivity contribution in [3.8, 4) is 24.2 Å². The molecular formula is C32H35N5O5. The maximum atomic E-state index is 13.1. The van der Waals surface area contributed by atoms with Crippen molar-refractivity contribution in [3.63, 3.8) is 0 Å². The van der Waals surface area contributed by atoms with Gasteiger partial charge in [0.2, 0.25) is 5.91 Å². The first-order valence-corrected chi connectivity index (χ1v) is 13.7. The number of rotatable bonds is 14. The summed E-state index contributed by atoms with van der Waals surface area (Å²) in [5.41, 5.74) is 3.37. The zero-order valence-electron chi connectivity index (χ0n) is 23.9. The molecule has 218 valence electrons. The molecule has 42 heavy (non-hydrogen) atoms. The average molecular weight is 570 g/mol. The van der Waals surface area contributed by atoms with Gasteiger partial charge in [0, 0.05) is 75.3 Å². The molecule has 4 rings (SSSR count). The molecule has 1 saturated heterocycles. The molecule has 0 saturated carbocycles. The molecule has 1 atom stereocenters. The van der Waals surface area contributed by atoms with Crippen LogP contribution in [0.3, 0.4) is 0 Å². The summed E-state index contributed by atoms with van der Waals surface area (Å²) < 4.78 is 22.1. The fourth-order valence-electron chi connectivity index (χ4n) is 4.47. The van der Waals surface area contributed by atoms with Crippen molar-refractivity contribution in [2.75, 3.05) is 70.9 Å². The van der Waals surface area contributed by atoms with E-state index in [1.54, 1.807) is 32.4 Å². The Kier molecular flexibility index (Phi) is 11.3. The number of carbonyl (C=O) groups excluding carboxylic acids is 1. The van der Waals surface area contributed by atoms with Crippen molar-refractivity contribution in [1.29, 1.82) is 5.26 Å². The van der Waals surface area contributed by atoms with E-state index in [4.69, 9.17) is 25.4 Å². The van der Waals surface area contributed by atoms with E-state index in [0.29, 0.717) is 85.2 Å². The van der Waals surface area contributed by atoms with Crippen LogP contribution in [0.1, 0.15) is 17.5 Å². The highest BCUT2D eigenvalue weighted by molar-refractivity contribution is 6.04. The number of hydrogen-bond acceptors (Lipinski definition) is 9. The molecule has 10 nitrogen and oxygen atoms in total. The van der Waals surface area contributed by atoms with Gasteiger partial charge in [-0.15, -0.1) is 6.42 Å². The maximum Gasteiger partial charge on any atom is 0.248 e. The highest BCUT2D eigenvalue weighted by atomic mass is 16.5. The second kappa shape index (κ2) is 15.5. The van der Waals surface area contributed by atoms with Gasteiger partial charge in [-0.3, -0.25) is 14.7 Å². The molecule has 1 aromatic heterocycles. The Labute approximate surface area is 246 Å². The minimum atomic E-state index is -0.319. The van der Waals surface area contributed by atoms with Crippen LogP contribution in [0.2, 0.25) is 0 Å². The number of carbonyl (C=O) groups is 1. The van der Waals surface area contributed by atoms with E-state index in [1.807, 2.05) is 24.3 Å². The molecular weight excluding hydrogens is 534 g/mol. The van der Waals surface area contributed by atoms with Crippen LogP contribution in [-0.2, 0) is 19.0 Å². The molecule has 10 heteroatoms. The van der Waals surface area contributed by atoms with Gasteiger partial charge < -0.3 is 29.6 Å². The van der Waals surface area contributed by atoms with Crippen molar-refractivity contribution >= 4 is 33.9 Å². The Bertz CT molecular complexity index is 1480. The summed E-state index contributed by atoms with van der Waals surface area (Å²) in [5.74, 6) is 2.77. The molecule has 1 aliphatic heterocycles. The number of nitriles is 1. The van der Waals surface area contributed by atoms with E-state index >= 15 is 0 Å². The quantitative estimate of drug-likeness (QED) is 0.219. The second-order valence-corrected chi connectivity index (χ2v) is 9.66. The van der Waals surface area contributed by atoms with Crippen LogP contribution in [-0.4, -0.2) is 82.2 Å². The summed E-state index contributed by atoms with van der Waals surface area (Å²) >= 11 is 0. The fraction of sp³-hybridized carbons (Fsp3) is 0.344. The van der Waals surface area contributed by atoms with Gasteiger partial charge in [-0.05, 0) is 24.3 Å². The fourth-order valence-corrected chi connectivity index (χ4v) is 4.47. The van der Waals surface area contributed by atoms with Gasteiger partial charge in [-0.1, -0.05) is 18.1 Å². The normalized spacial score (nSPS) is 14.6. The number of anilines is 3. The predicted octanol–water partition coefficient (Wildman–Crippen LogP) is 4.09. The zero-order valence-corrected chi connectivity index (χ0v) is 23.9. The van der Waals surface area contributed by atoms with E-state index < -0.39 is 0 Å². The third kappa shape index (κ3) is 8.29. The van der Waals surface area contributed by atoms with E-state index in [1.165, 1.54) is 12.3 Å². The number of ether oxygens (including phenoxy) is 4. The van der Waals surface area contributed by atoms with Crippen LogP contribution in [0.5, 0.6) is 5.75 Å². The SMILES string of the molecule is C#Cc1cccc(Nc2c(C#N)cnc3cc(O[C@H]4CCOC4)c(NC(=O)C=CCN(CCOC)CCOC)cc23)c1. The molecule has 2 heterocycles. The number of fused-ring (bicyclic) bond motifs is 1. The maximum absolute atomic E-state index is 13.1. The highest BCUT2D eigenvalue weighted by Gasteiger charge is 2.21. The first-order chi connectivity index (χ1) is 20.5. The van der Waals surface area contributed by atoms with Gasteiger partial charge in [0.25, 0.3) is 0 Å². The summed E-state index contributed by atoms with van der Waals surface area (Å²) in [4.78, 5) is 19.7. The average Bonchev–Trinajstić information content (AvgIpc) is 3.52.